The second-order valence-electron chi connectivity index (χ2n) is 5.29. The van der Waals surface area contributed by atoms with Crippen LogP contribution in [0.25, 0.3) is 0 Å². The first-order chi connectivity index (χ1) is 10.8. The van der Waals surface area contributed by atoms with Crippen molar-refractivity contribution in [2.45, 2.75) is 38.1 Å². The Morgan fingerprint density at radius 3 is 2.50 bits per heavy atom. The molecule has 0 amide bonds. The zero-order valence-electron chi connectivity index (χ0n) is 12.2. The van der Waals surface area contributed by atoms with Crippen molar-refractivity contribution in [3.05, 3.63) is 30.5 Å². The van der Waals surface area contributed by atoms with Crippen molar-refractivity contribution >= 4 is 17.5 Å². The summed E-state index contributed by atoms with van der Waals surface area (Å²) < 4.78 is 0. The first-order valence-corrected chi connectivity index (χ1v) is 7.41. The van der Waals surface area contributed by atoms with Crippen LogP contribution < -0.4 is 10.6 Å². The summed E-state index contributed by atoms with van der Waals surface area (Å²) in [6.07, 6.45) is 10.7. The Balaban J connectivity index is 1.66. The molecule has 0 unspecified atom stereocenters. The third-order valence-corrected chi connectivity index (χ3v) is 3.65. The van der Waals surface area contributed by atoms with E-state index in [4.69, 9.17) is 5.26 Å². The Labute approximate surface area is 128 Å². The Kier molecular flexibility index (Phi) is 4.39. The Bertz CT molecular complexity index is 656. The highest BCUT2D eigenvalue weighted by Crippen LogP contribution is 2.21. The second-order valence-corrected chi connectivity index (χ2v) is 5.29. The van der Waals surface area contributed by atoms with Gasteiger partial charge in [0.25, 0.3) is 0 Å². The van der Waals surface area contributed by atoms with Gasteiger partial charge in [0, 0.05) is 12.1 Å². The maximum Gasteiger partial charge on any atom is 0.158 e. The van der Waals surface area contributed by atoms with E-state index in [1.165, 1.54) is 50.8 Å². The number of rotatable bonds is 4. The summed E-state index contributed by atoms with van der Waals surface area (Å²) in [5.74, 6) is 2.00. The zero-order chi connectivity index (χ0) is 15.2. The van der Waals surface area contributed by atoms with E-state index in [2.05, 4.69) is 30.6 Å². The molecule has 1 aliphatic rings. The first-order valence-electron chi connectivity index (χ1n) is 7.41. The Morgan fingerprint density at radius 1 is 0.955 bits per heavy atom. The average Bonchev–Trinajstić information content (AvgIpc) is 2.57. The Hall–Kier alpha value is -2.75. The van der Waals surface area contributed by atoms with Crippen LogP contribution in [0.1, 0.15) is 37.8 Å². The van der Waals surface area contributed by atoms with E-state index in [-0.39, 0.29) is 5.69 Å². The molecule has 22 heavy (non-hydrogen) atoms. The molecule has 0 bridgehead atoms. The smallest absolute Gasteiger partial charge is 0.158 e. The molecule has 0 aliphatic heterocycles. The topological polar surface area (TPSA) is 99.4 Å². The molecule has 7 nitrogen and oxygen atoms in total. The van der Waals surface area contributed by atoms with Crippen LogP contribution in [0.5, 0.6) is 0 Å². The molecule has 0 spiro atoms. The van der Waals surface area contributed by atoms with Crippen LogP contribution in [0.4, 0.5) is 17.5 Å². The Morgan fingerprint density at radius 2 is 1.77 bits per heavy atom. The lowest BCUT2D eigenvalue weighted by Crippen LogP contribution is -2.22. The average molecular weight is 295 g/mol. The molecule has 1 saturated carbocycles. The van der Waals surface area contributed by atoms with Crippen molar-refractivity contribution in [1.82, 2.24) is 19.9 Å². The van der Waals surface area contributed by atoms with E-state index in [1.54, 1.807) is 0 Å². The summed E-state index contributed by atoms with van der Waals surface area (Å²) in [7, 11) is 0. The fraction of sp³-hybridized carbons (Fsp3) is 0.400. The van der Waals surface area contributed by atoms with Gasteiger partial charge in [-0.15, -0.1) is 0 Å². The summed E-state index contributed by atoms with van der Waals surface area (Å²) in [5.41, 5.74) is 0.285. The van der Waals surface area contributed by atoms with E-state index < -0.39 is 0 Å². The van der Waals surface area contributed by atoms with Crippen LogP contribution in [0.15, 0.2) is 24.8 Å². The molecule has 2 aromatic heterocycles. The number of hydrogen-bond acceptors (Lipinski definition) is 7. The molecule has 0 aromatic carbocycles. The first kappa shape index (κ1) is 14.2. The molecule has 3 rings (SSSR count). The minimum Gasteiger partial charge on any atom is -0.367 e. The molecular formula is C15H17N7. The number of nitriles is 1. The predicted molar refractivity (Wildman–Crippen MR) is 82.6 cm³/mol. The van der Waals surface area contributed by atoms with E-state index in [0.29, 0.717) is 17.7 Å². The lowest BCUT2D eigenvalue weighted by molar-refractivity contribution is 0.462. The maximum absolute atomic E-state index is 8.71. The van der Waals surface area contributed by atoms with Crippen LogP contribution in [0.2, 0.25) is 0 Å². The largest absolute Gasteiger partial charge is 0.367 e. The molecule has 2 aromatic rings. The highest BCUT2D eigenvalue weighted by Gasteiger charge is 2.13. The van der Waals surface area contributed by atoms with Gasteiger partial charge < -0.3 is 10.6 Å². The fourth-order valence-electron chi connectivity index (χ4n) is 2.54. The molecule has 1 aliphatic carbocycles. The SMILES string of the molecule is N#Cc1cnc(Nc2cc(NC3CCCCC3)ncn2)cn1. The normalized spacial score (nSPS) is 15.0. The molecule has 0 atom stereocenters. The summed E-state index contributed by atoms with van der Waals surface area (Å²) >= 11 is 0. The van der Waals surface area contributed by atoms with Crippen LogP contribution in [-0.4, -0.2) is 26.0 Å². The van der Waals surface area contributed by atoms with Crippen molar-refractivity contribution in [3.63, 3.8) is 0 Å². The molecule has 7 heteroatoms. The van der Waals surface area contributed by atoms with Crippen LogP contribution in [0, 0.1) is 11.3 Å². The van der Waals surface area contributed by atoms with Crippen molar-refractivity contribution in [3.8, 4) is 6.07 Å². The van der Waals surface area contributed by atoms with Gasteiger partial charge in [-0.05, 0) is 12.8 Å². The molecule has 2 heterocycles. The number of aromatic nitrogens is 4. The van der Waals surface area contributed by atoms with Gasteiger partial charge >= 0.3 is 0 Å². The summed E-state index contributed by atoms with van der Waals surface area (Å²) in [6.45, 7) is 0. The van der Waals surface area contributed by atoms with Crippen molar-refractivity contribution in [2.24, 2.45) is 0 Å². The van der Waals surface area contributed by atoms with Gasteiger partial charge in [0.1, 0.15) is 29.9 Å². The summed E-state index contributed by atoms with van der Waals surface area (Å²) in [5, 5.41) is 15.2. The van der Waals surface area contributed by atoms with Gasteiger partial charge in [-0.3, -0.25) is 0 Å². The lowest BCUT2D eigenvalue weighted by atomic mass is 9.95. The number of nitrogens with zero attached hydrogens (tertiary/aromatic N) is 5. The van der Waals surface area contributed by atoms with Gasteiger partial charge in [-0.1, -0.05) is 19.3 Å². The zero-order valence-corrected chi connectivity index (χ0v) is 12.2. The maximum atomic E-state index is 8.71. The molecule has 2 N–H and O–H groups in total. The van der Waals surface area contributed by atoms with Gasteiger partial charge in [-0.2, -0.15) is 5.26 Å². The summed E-state index contributed by atoms with van der Waals surface area (Å²) in [4.78, 5) is 16.5. The molecule has 0 radical (unpaired) electrons. The van der Waals surface area contributed by atoms with Crippen molar-refractivity contribution < 1.29 is 0 Å². The van der Waals surface area contributed by atoms with Gasteiger partial charge in [-0.25, -0.2) is 19.9 Å². The van der Waals surface area contributed by atoms with Crippen molar-refractivity contribution in [1.29, 1.82) is 5.26 Å². The summed E-state index contributed by atoms with van der Waals surface area (Å²) in [6, 6.07) is 4.28. The van der Waals surface area contributed by atoms with E-state index >= 15 is 0 Å². The highest BCUT2D eigenvalue weighted by atomic mass is 15.1. The van der Waals surface area contributed by atoms with Crippen LogP contribution in [0.3, 0.4) is 0 Å². The van der Waals surface area contributed by atoms with E-state index in [1.807, 2.05) is 12.1 Å². The van der Waals surface area contributed by atoms with Gasteiger partial charge in [0.05, 0.1) is 12.4 Å². The monoisotopic (exact) mass is 295 g/mol. The minimum absolute atomic E-state index is 0.285. The van der Waals surface area contributed by atoms with E-state index in [0.717, 1.165) is 5.82 Å². The minimum atomic E-state index is 0.285. The van der Waals surface area contributed by atoms with E-state index in [9.17, 15) is 0 Å². The quantitative estimate of drug-likeness (QED) is 0.894. The highest BCUT2D eigenvalue weighted by molar-refractivity contribution is 5.55. The van der Waals surface area contributed by atoms with Crippen molar-refractivity contribution in [2.75, 3.05) is 10.6 Å². The molecular weight excluding hydrogens is 278 g/mol. The van der Waals surface area contributed by atoms with Crippen LogP contribution >= 0.6 is 0 Å². The number of nitrogens with one attached hydrogen (secondary N) is 2. The fourth-order valence-corrected chi connectivity index (χ4v) is 2.54. The molecule has 112 valence electrons. The standard InChI is InChI=1S/C15H17N7/c16-7-12-8-18-15(9-17-12)22-14-6-13(19-10-20-14)21-11-4-2-1-3-5-11/h6,8-11H,1-5H2,(H2,18,19,20,21,22). The third kappa shape index (κ3) is 3.67. The van der Waals surface area contributed by atoms with Gasteiger partial charge in [0.15, 0.2) is 5.69 Å². The molecule has 1 fully saturated rings. The number of anilines is 3. The van der Waals surface area contributed by atoms with Gasteiger partial charge in [0.2, 0.25) is 0 Å². The third-order valence-electron chi connectivity index (χ3n) is 3.65. The molecule has 0 saturated heterocycles. The second kappa shape index (κ2) is 6.80. The lowest BCUT2D eigenvalue weighted by Gasteiger charge is -2.23. The van der Waals surface area contributed by atoms with Crippen LogP contribution in [-0.2, 0) is 0 Å². The predicted octanol–water partition coefficient (Wildman–Crippen LogP) is 2.63. The number of hydrogen-bond donors (Lipinski definition) is 2.